The molecule has 1 aliphatic carbocycles. The van der Waals surface area contributed by atoms with Gasteiger partial charge in [0.1, 0.15) is 0 Å². The van der Waals surface area contributed by atoms with Crippen LogP contribution in [0.2, 0.25) is 0 Å². The summed E-state index contributed by atoms with van der Waals surface area (Å²) in [7, 11) is 0. The number of rotatable bonds is 2. The number of para-hydroxylation sites is 2. The molecule has 0 bridgehead atoms. The third kappa shape index (κ3) is 2.42. The molecule has 2 N–H and O–H groups in total. The number of benzene rings is 1. The highest BCUT2D eigenvalue weighted by Crippen LogP contribution is 2.42. The second-order valence-electron chi connectivity index (χ2n) is 7.41. The average Bonchev–Trinajstić information content (AvgIpc) is 3.39. The maximum Gasteiger partial charge on any atom is 0.289 e. The summed E-state index contributed by atoms with van der Waals surface area (Å²) >= 11 is 0. The van der Waals surface area contributed by atoms with Gasteiger partial charge in [0.25, 0.3) is 5.91 Å². The Morgan fingerprint density at radius 1 is 1.15 bits per heavy atom. The number of amides is 1. The summed E-state index contributed by atoms with van der Waals surface area (Å²) in [5.41, 5.74) is 2.00. The van der Waals surface area contributed by atoms with Gasteiger partial charge in [-0.15, -0.1) is 0 Å². The molecular weight excluding hydrogens is 330 g/mol. The fraction of sp³-hybridized carbons (Fsp3) is 0.421. The first kappa shape index (κ1) is 15.6. The summed E-state index contributed by atoms with van der Waals surface area (Å²) in [5.74, 6) is 1.07. The van der Waals surface area contributed by atoms with E-state index < -0.39 is 6.10 Å². The summed E-state index contributed by atoms with van der Waals surface area (Å²) in [4.78, 5) is 25.9. The van der Waals surface area contributed by atoms with Gasteiger partial charge in [0.2, 0.25) is 0 Å². The Balaban J connectivity index is 1.38. The number of nitrogens with zero attached hydrogens (tertiary/aromatic N) is 4. The van der Waals surface area contributed by atoms with E-state index in [9.17, 15) is 9.90 Å². The van der Waals surface area contributed by atoms with Gasteiger partial charge >= 0.3 is 0 Å². The largest absolute Gasteiger partial charge is 0.391 e. The van der Waals surface area contributed by atoms with Crippen molar-refractivity contribution in [2.24, 2.45) is 11.8 Å². The monoisotopic (exact) mass is 351 g/mol. The van der Waals surface area contributed by atoms with Crippen molar-refractivity contribution in [1.82, 2.24) is 24.4 Å². The Bertz CT molecular complexity index is 934. The molecule has 134 valence electrons. The van der Waals surface area contributed by atoms with Crippen LogP contribution in [-0.2, 0) is 0 Å². The van der Waals surface area contributed by atoms with Crippen LogP contribution < -0.4 is 0 Å². The summed E-state index contributed by atoms with van der Waals surface area (Å²) in [6.07, 6.45) is 6.24. The third-order valence-corrected chi connectivity index (χ3v) is 5.94. The highest BCUT2D eigenvalue weighted by molar-refractivity contribution is 5.90. The number of aliphatic hydroxyl groups is 1. The molecule has 1 aromatic carbocycles. The van der Waals surface area contributed by atoms with Crippen molar-refractivity contribution in [2.45, 2.75) is 25.0 Å². The predicted molar refractivity (Wildman–Crippen MR) is 95.5 cm³/mol. The van der Waals surface area contributed by atoms with Crippen LogP contribution in [0.15, 0.2) is 43.0 Å². The highest BCUT2D eigenvalue weighted by atomic mass is 16.3. The van der Waals surface area contributed by atoms with E-state index in [0.717, 1.165) is 24.0 Å². The third-order valence-electron chi connectivity index (χ3n) is 5.94. The number of hydrogen-bond donors (Lipinski definition) is 2. The molecule has 1 amide bonds. The molecule has 0 unspecified atom stereocenters. The molecule has 5 rings (SSSR count). The lowest BCUT2D eigenvalue weighted by Crippen LogP contribution is -2.36. The van der Waals surface area contributed by atoms with E-state index in [2.05, 4.69) is 19.5 Å². The van der Waals surface area contributed by atoms with E-state index in [0.29, 0.717) is 30.6 Å². The van der Waals surface area contributed by atoms with E-state index in [-0.39, 0.29) is 11.9 Å². The van der Waals surface area contributed by atoms with Crippen molar-refractivity contribution >= 4 is 16.9 Å². The summed E-state index contributed by atoms with van der Waals surface area (Å²) < 4.78 is 2.10. The molecule has 1 saturated heterocycles. The molecule has 4 atom stereocenters. The van der Waals surface area contributed by atoms with E-state index in [4.69, 9.17) is 0 Å². The Kier molecular flexibility index (Phi) is 3.56. The molecule has 1 saturated carbocycles. The van der Waals surface area contributed by atoms with Crippen LogP contribution in [0.4, 0.5) is 0 Å². The molecule has 3 aromatic rings. The lowest BCUT2D eigenvalue weighted by molar-refractivity contribution is 0.0374. The van der Waals surface area contributed by atoms with E-state index in [1.54, 1.807) is 12.4 Å². The number of nitrogens with one attached hydrogen (secondary N) is 1. The maximum absolute atomic E-state index is 12.6. The molecule has 2 fully saturated rings. The molecule has 3 heterocycles. The van der Waals surface area contributed by atoms with Gasteiger partial charge in [-0.25, -0.2) is 9.97 Å². The predicted octanol–water partition coefficient (Wildman–Crippen LogP) is 1.84. The van der Waals surface area contributed by atoms with Crippen LogP contribution in [-0.4, -0.2) is 54.6 Å². The van der Waals surface area contributed by atoms with Gasteiger partial charge in [-0.05, 0) is 36.8 Å². The topological polar surface area (TPSA) is 87.0 Å². The summed E-state index contributed by atoms with van der Waals surface area (Å²) in [6.45, 7) is 1.42. The SMILES string of the molecule is O=C(c1ncc[nH]1)N1C[C@H]2C[C@@H](n3cnc4ccccc43)[C@H](O)C[C@H]2C1. The van der Waals surface area contributed by atoms with Gasteiger partial charge in [0, 0.05) is 25.5 Å². The van der Waals surface area contributed by atoms with Gasteiger partial charge in [-0.3, -0.25) is 4.79 Å². The Hall–Kier alpha value is -2.67. The van der Waals surface area contributed by atoms with Gasteiger partial charge in [0.15, 0.2) is 5.82 Å². The van der Waals surface area contributed by atoms with Crippen LogP contribution in [0, 0.1) is 11.8 Å². The van der Waals surface area contributed by atoms with Crippen LogP contribution in [0.1, 0.15) is 29.5 Å². The zero-order chi connectivity index (χ0) is 17.7. The molecule has 1 aliphatic heterocycles. The van der Waals surface area contributed by atoms with Gasteiger partial charge in [-0.1, -0.05) is 12.1 Å². The molecule has 2 aliphatic rings. The molecule has 2 aromatic heterocycles. The zero-order valence-corrected chi connectivity index (χ0v) is 14.3. The number of carbonyl (C=O) groups excluding carboxylic acids is 1. The number of H-pyrrole nitrogens is 1. The lowest BCUT2D eigenvalue weighted by Gasteiger charge is -2.36. The van der Waals surface area contributed by atoms with E-state index >= 15 is 0 Å². The fourth-order valence-electron chi connectivity index (χ4n) is 4.65. The summed E-state index contributed by atoms with van der Waals surface area (Å²) in [6, 6.07) is 8.01. The first-order valence-electron chi connectivity index (χ1n) is 9.09. The van der Waals surface area contributed by atoms with E-state index in [1.807, 2.05) is 35.5 Å². The standard InChI is InChI=1S/C19H21N5O2/c25-17-8-13-10-23(19(26)18-20-5-6-21-18)9-12(13)7-16(17)24-11-22-14-3-1-2-4-15(14)24/h1-6,11-13,16-17,25H,7-10H2,(H,20,21)/t12-,13+,16-,17-/m1/s1. The number of aromatic nitrogens is 4. The Morgan fingerprint density at radius 3 is 2.77 bits per heavy atom. The molecule has 0 radical (unpaired) electrons. The first-order valence-corrected chi connectivity index (χ1v) is 9.09. The van der Waals surface area contributed by atoms with Gasteiger partial charge in [0.05, 0.1) is 29.5 Å². The first-order chi connectivity index (χ1) is 12.7. The zero-order valence-electron chi connectivity index (χ0n) is 14.3. The number of aromatic amines is 1. The van der Waals surface area contributed by atoms with Crippen molar-refractivity contribution in [3.63, 3.8) is 0 Å². The van der Waals surface area contributed by atoms with Crippen molar-refractivity contribution in [3.8, 4) is 0 Å². The second-order valence-corrected chi connectivity index (χ2v) is 7.41. The highest BCUT2D eigenvalue weighted by Gasteiger charge is 2.44. The smallest absolute Gasteiger partial charge is 0.289 e. The number of hydrogen-bond acceptors (Lipinski definition) is 4. The van der Waals surface area contributed by atoms with Gasteiger partial charge in [-0.2, -0.15) is 0 Å². The van der Waals surface area contributed by atoms with E-state index in [1.165, 1.54) is 0 Å². The number of fused-ring (bicyclic) bond motifs is 2. The minimum Gasteiger partial charge on any atom is -0.391 e. The molecule has 7 nitrogen and oxygen atoms in total. The van der Waals surface area contributed by atoms with Crippen LogP contribution >= 0.6 is 0 Å². The fourth-order valence-corrected chi connectivity index (χ4v) is 4.65. The molecule has 26 heavy (non-hydrogen) atoms. The Labute approximate surface area is 150 Å². The minimum absolute atomic E-state index is 0.00214. The minimum atomic E-state index is -0.424. The van der Waals surface area contributed by atoms with Crippen LogP contribution in [0.5, 0.6) is 0 Å². The molecule has 7 heteroatoms. The van der Waals surface area contributed by atoms with Crippen molar-refractivity contribution in [3.05, 3.63) is 48.8 Å². The van der Waals surface area contributed by atoms with Crippen LogP contribution in [0.25, 0.3) is 11.0 Å². The number of carbonyl (C=O) groups is 1. The second kappa shape index (κ2) is 5.95. The lowest BCUT2D eigenvalue weighted by atomic mass is 9.77. The quantitative estimate of drug-likeness (QED) is 0.738. The van der Waals surface area contributed by atoms with Crippen molar-refractivity contribution < 1.29 is 9.90 Å². The number of likely N-dealkylation sites (tertiary alicyclic amines) is 1. The number of aliphatic hydroxyl groups excluding tert-OH is 1. The maximum atomic E-state index is 12.6. The average molecular weight is 351 g/mol. The Morgan fingerprint density at radius 2 is 1.96 bits per heavy atom. The van der Waals surface area contributed by atoms with Crippen LogP contribution in [0.3, 0.4) is 0 Å². The van der Waals surface area contributed by atoms with Crippen molar-refractivity contribution in [1.29, 1.82) is 0 Å². The summed E-state index contributed by atoms with van der Waals surface area (Å²) in [5, 5.41) is 10.8. The molecular formula is C19H21N5O2. The normalized spacial score (nSPS) is 28.4. The number of imidazole rings is 2. The van der Waals surface area contributed by atoms with Gasteiger partial charge < -0.3 is 19.6 Å². The van der Waals surface area contributed by atoms with Crippen molar-refractivity contribution in [2.75, 3.05) is 13.1 Å². The molecule has 0 spiro atoms.